The van der Waals surface area contributed by atoms with Gasteiger partial charge in [0.05, 0.1) is 21.1 Å². The van der Waals surface area contributed by atoms with Crippen molar-refractivity contribution in [1.82, 2.24) is 15.0 Å². The topological polar surface area (TPSA) is 45.2 Å². The Morgan fingerprint density at radius 1 is 0.884 bits per heavy atom. The van der Waals surface area contributed by atoms with Crippen LogP contribution in [0.15, 0.2) is 59.3 Å². The molecule has 2 heterocycles. The number of anilines is 2. The Balaban J connectivity index is 1.62. The molecule has 0 bridgehead atoms. The zero-order chi connectivity index (χ0) is 30.9. The number of halogens is 7. The number of nitrogens with zero attached hydrogens (tertiary/aromatic N) is 5. The van der Waals surface area contributed by atoms with Crippen LogP contribution in [0.4, 0.5) is 38.1 Å². The standard InChI is InChI=1S/C31H30BrF6N5/c1-3-9-42(16-20-7-8-20)28-23(12-22-6-4-5-19(2)27(22)41-28)18-43(29-39-14-26(32)15-40-29)17-21-10-24(30(33,34)35)13-25(11-21)31(36,37)38/h4-6,10-15,20H,3,7-9,16-18H2,1-2H3. The first-order valence-electron chi connectivity index (χ1n) is 14.0. The summed E-state index contributed by atoms with van der Waals surface area (Å²) >= 11 is 3.29. The number of alkyl halides is 6. The van der Waals surface area contributed by atoms with Crippen molar-refractivity contribution in [2.24, 2.45) is 5.92 Å². The molecule has 43 heavy (non-hydrogen) atoms. The van der Waals surface area contributed by atoms with Gasteiger partial charge in [-0.2, -0.15) is 26.3 Å². The monoisotopic (exact) mass is 665 g/mol. The van der Waals surface area contributed by atoms with Crippen LogP contribution in [0, 0.1) is 12.8 Å². The maximum absolute atomic E-state index is 13.7. The van der Waals surface area contributed by atoms with Gasteiger partial charge in [-0.3, -0.25) is 0 Å². The molecule has 0 unspecified atom stereocenters. The summed E-state index contributed by atoms with van der Waals surface area (Å²) in [7, 11) is 0. The summed E-state index contributed by atoms with van der Waals surface area (Å²) in [4.78, 5) is 17.6. The second-order valence-electron chi connectivity index (χ2n) is 11.0. The summed E-state index contributed by atoms with van der Waals surface area (Å²) in [6, 6.07) is 9.49. The molecule has 1 aliphatic rings. The molecule has 1 saturated carbocycles. The van der Waals surface area contributed by atoms with Gasteiger partial charge in [0.1, 0.15) is 5.82 Å². The maximum atomic E-state index is 13.7. The zero-order valence-corrected chi connectivity index (χ0v) is 25.2. The summed E-state index contributed by atoms with van der Waals surface area (Å²) in [5, 5.41) is 0.886. The number of rotatable bonds is 10. The van der Waals surface area contributed by atoms with Crippen LogP contribution < -0.4 is 9.80 Å². The summed E-state index contributed by atoms with van der Waals surface area (Å²) in [5.41, 5.74) is -0.265. The van der Waals surface area contributed by atoms with E-state index in [0.717, 1.165) is 72.3 Å². The van der Waals surface area contributed by atoms with Gasteiger partial charge in [-0.1, -0.05) is 25.1 Å². The van der Waals surface area contributed by atoms with E-state index in [1.807, 2.05) is 31.2 Å². The molecule has 0 aliphatic heterocycles. The van der Waals surface area contributed by atoms with Gasteiger partial charge in [0.15, 0.2) is 0 Å². The van der Waals surface area contributed by atoms with Crippen molar-refractivity contribution in [3.05, 3.63) is 87.1 Å². The van der Waals surface area contributed by atoms with Crippen LogP contribution in [0.5, 0.6) is 0 Å². The molecule has 0 atom stereocenters. The minimum atomic E-state index is -4.95. The van der Waals surface area contributed by atoms with Crippen LogP contribution >= 0.6 is 15.9 Å². The fourth-order valence-corrected chi connectivity index (χ4v) is 5.34. The highest BCUT2D eigenvalue weighted by molar-refractivity contribution is 9.10. The lowest BCUT2D eigenvalue weighted by atomic mass is 10.0. The molecule has 228 valence electrons. The molecule has 1 aliphatic carbocycles. The summed E-state index contributed by atoms with van der Waals surface area (Å²) < 4.78 is 82.6. The van der Waals surface area contributed by atoms with Gasteiger partial charge in [0.25, 0.3) is 0 Å². The number of aromatic nitrogens is 3. The minimum Gasteiger partial charge on any atom is -0.356 e. The number of benzene rings is 2. The van der Waals surface area contributed by atoms with E-state index in [0.29, 0.717) is 10.4 Å². The van der Waals surface area contributed by atoms with E-state index in [4.69, 9.17) is 4.98 Å². The number of aryl methyl sites for hydroxylation is 1. The summed E-state index contributed by atoms with van der Waals surface area (Å²) in [6.45, 7) is 5.46. The number of pyridine rings is 1. The predicted octanol–water partition coefficient (Wildman–Crippen LogP) is 8.97. The minimum absolute atomic E-state index is 0.107. The summed E-state index contributed by atoms with van der Waals surface area (Å²) in [5.74, 6) is 1.47. The van der Waals surface area contributed by atoms with Crippen molar-refractivity contribution >= 4 is 38.6 Å². The van der Waals surface area contributed by atoms with Crippen LogP contribution in [-0.4, -0.2) is 28.0 Å². The molecule has 4 aromatic rings. The highest BCUT2D eigenvalue weighted by Gasteiger charge is 2.37. The molecule has 2 aromatic heterocycles. The van der Waals surface area contributed by atoms with E-state index in [1.54, 1.807) is 4.90 Å². The third kappa shape index (κ3) is 7.57. The van der Waals surface area contributed by atoms with Crippen molar-refractivity contribution in [2.45, 2.75) is 58.6 Å². The van der Waals surface area contributed by atoms with Gasteiger partial charge < -0.3 is 9.80 Å². The van der Waals surface area contributed by atoms with Crippen LogP contribution in [0.2, 0.25) is 0 Å². The Morgan fingerprint density at radius 2 is 1.53 bits per heavy atom. The zero-order valence-electron chi connectivity index (χ0n) is 23.6. The molecule has 0 amide bonds. The Kier molecular flexibility index (Phi) is 8.87. The van der Waals surface area contributed by atoms with Gasteiger partial charge in [0.2, 0.25) is 5.95 Å². The fourth-order valence-electron chi connectivity index (χ4n) is 5.14. The van der Waals surface area contributed by atoms with Gasteiger partial charge >= 0.3 is 12.4 Å². The lowest BCUT2D eigenvalue weighted by Crippen LogP contribution is -2.31. The second kappa shape index (κ2) is 12.3. The first-order valence-corrected chi connectivity index (χ1v) is 14.8. The van der Waals surface area contributed by atoms with E-state index in [1.165, 1.54) is 12.4 Å². The average Bonchev–Trinajstić information content (AvgIpc) is 3.76. The molecule has 1 fully saturated rings. The van der Waals surface area contributed by atoms with Crippen molar-refractivity contribution in [2.75, 3.05) is 22.9 Å². The largest absolute Gasteiger partial charge is 0.416 e. The van der Waals surface area contributed by atoms with Crippen LogP contribution in [0.1, 0.15) is 54.0 Å². The first kappa shape index (κ1) is 31.0. The van der Waals surface area contributed by atoms with E-state index < -0.39 is 23.5 Å². The molecule has 0 saturated heterocycles. The third-order valence-corrected chi connectivity index (χ3v) is 7.75. The highest BCUT2D eigenvalue weighted by atomic mass is 79.9. The Labute approximate surface area is 254 Å². The highest BCUT2D eigenvalue weighted by Crippen LogP contribution is 2.38. The Bertz CT molecular complexity index is 1550. The second-order valence-corrected chi connectivity index (χ2v) is 11.9. The van der Waals surface area contributed by atoms with Crippen molar-refractivity contribution in [3.63, 3.8) is 0 Å². The smallest absolute Gasteiger partial charge is 0.356 e. The molecular weight excluding hydrogens is 636 g/mol. The lowest BCUT2D eigenvalue weighted by molar-refractivity contribution is -0.143. The lowest BCUT2D eigenvalue weighted by Gasteiger charge is -2.29. The fraction of sp³-hybridized carbons (Fsp3) is 0.387. The van der Waals surface area contributed by atoms with Gasteiger partial charge in [0, 0.05) is 49.5 Å². The molecule has 5 rings (SSSR count). The molecule has 2 aromatic carbocycles. The Morgan fingerprint density at radius 3 is 2.12 bits per heavy atom. The van der Waals surface area contributed by atoms with E-state index in [-0.39, 0.29) is 30.7 Å². The average molecular weight is 667 g/mol. The van der Waals surface area contributed by atoms with E-state index in [9.17, 15) is 26.3 Å². The van der Waals surface area contributed by atoms with E-state index >= 15 is 0 Å². The van der Waals surface area contributed by atoms with Gasteiger partial charge in [-0.05, 0) is 83.4 Å². The Hall–Kier alpha value is -3.41. The number of para-hydroxylation sites is 1. The molecule has 0 N–H and O–H groups in total. The molecule has 12 heteroatoms. The number of hydrogen-bond donors (Lipinski definition) is 0. The van der Waals surface area contributed by atoms with Crippen LogP contribution in [-0.2, 0) is 25.4 Å². The first-order chi connectivity index (χ1) is 20.3. The molecular formula is C31H30BrF6N5. The summed E-state index contributed by atoms with van der Waals surface area (Å²) in [6.07, 6.45) is -3.78. The van der Waals surface area contributed by atoms with Gasteiger partial charge in [-0.25, -0.2) is 15.0 Å². The number of hydrogen-bond acceptors (Lipinski definition) is 5. The molecule has 0 radical (unpaired) electrons. The van der Waals surface area contributed by atoms with Crippen molar-refractivity contribution in [3.8, 4) is 0 Å². The normalized spacial score (nSPS) is 13.9. The third-order valence-electron chi connectivity index (χ3n) is 7.34. The maximum Gasteiger partial charge on any atom is 0.416 e. The molecule has 5 nitrogen and oxygen atoms in total. The van der Waals surface area contributed by atoms with Crippen molar-refractivity contribution < 1.29 is 26.3 Å². The van der Waals surface area contributed by atoms with Gasteiger partial charge in [-0.15, -0.1) is 0 Å². The predicted molar refractivity (Wildman–Crippen MR) is 158 cm³/mol. The SMILES string of the molecule is CCCN(CC1CC1)c1nc2c(C)cccc2cc1CN(Cc1cc(C(F)(F)F)cc(C(F)(F)F)c1)c1ncc(Br)cn1. The molecule has 0 spiro atoms. The van der Waals surface area contributed by atoms with E-state index in [2.05, 4.69) is 37.7 Å². The number of fused-ring (bicyclic) bond motifs is 1. The van der Waals surface area contributed by atoms with Crippen LogP contribution in [0.3, 0.4) is 0 Å². The quantitative estimate of drug-likeness (QED) is 0.158. The van der Waals surface area contributed by atoms with Crippen molar-refractivity contribution in [1.29, 1.82) is 0 Å². The van der Waals surface area contributed by atoms with Crippen LogP contribution in [0.25, 0.3) is 10.9 Å².